The van der Waals surface area contributed by atoms with Gasteiger partial charge in [0.2, 0.25) is 0 Å². The molecule has 1 atom stereocenters. The Balaban J connectivity index is 2.80. The van der Waals surface area contributed by atoms with Crippen LogP contribution in [0.5, 0.6) is 5.75 Å². The quantitative estimate of drug-likeness (QED) is 0.614. The molecule has 0 aliphatic heterocycles. The Morgan fingerprint density at radius 3 is 2.40 bits per heavy atom. The maximum atomic E-state index is 10.8. The molecule has 0 heterocycles. The second-order valence-electron chi connectivity index (χ2n) is 4.32. The summed E-state index contributed by atoms with van der Waals surface area (Å²) in [6.07, 6.45) is 0.0198. The van der Waals surface area contributed by atoms with Crippen LogP contribution >= 0.6 is 23.2 Å². The number of ether oxygens (including phenoxy) is 1. The SMILES string of the molecule is CC(N)(CCOc1c(Cl)cc([N+](=O)[O-])cc1Cl)C(=O)O. The number of nitro groups is 1. The van der Waals surface area contributed by atoms with Crippen molar-refractivity contribution in [2.24, 2.45) is 5.73 Å². The Morgan fingerprint density at radius 1 is 1.50 bits per heavy atom. The van der Waals surface area contributed by atoms with E-state index in [1.165, 1.54) is 6.92 Å². The predicted molar refractivity (Wildman–Crippen MR) is 73.5 cm³/mol. The summed E-state index contributed by atoms with van der Waals surface area (Å²) in [5.74, 6) is -1.11. The lowest BCUT2D eigenvalue weighted by atomic mass is 10.0. The van der Waals surface area contributed by atoms with Crippen molar-refractivity contribution < 1.29 is 19.6 Å². The van der Waals surface area contributed by atoms with E-state index < -0.39 is 16.4 Å². The van der Waals surface area contributed by atoms with Crippen molar-refractivity contribution in [3.8, 4) is 5.75 Å². The highest BCUT2D eigenvalue weighted by molar-refractivity contribution is 6.37. The van der Waals surface area contributed by atoms with Gasteiger partial charge in [0, 0.05) is 18.6 Å². The first-order chi connectivity index (χ1) is 9.15. The molecule has 1 aromatic rings. The van der Waals surface area contributed by atoms with Crippen molar-refractivity contribution in [2.75, 3.05) is 6.61 Å². The van der Waals surface area contributed by atoms with Crippen LogP contribution in [-0.4, -0.2) is 28.1 Å². The van der Waals surface area contributed by atoms with Gasteiger partial charge in [-0.15, -0.1) is 0 Å². The van der Waals surface area contributed by atoms with E-state index in [1.54, 1.807) is 0 Å². The average Bonchev–Trinajstić information content (AvgIpc) is 2.31. The molecular weight excluding hydrogens is 311 g/mol. The summed E-state index contributed by atoms with van der Waals surface area (Å²) < 4.78 is 5.26. The van der Waals surface area contributed by atoms with E-state index in [4.69, 9.17) is 38.8 Å². The summed E-state index contributed by atoms with van der Waals surface area (Å²) in [5, 5.41) is 19.4. The van der Waals surface area contributed by atoms with E-state index in [0.717, 1.165) is 12.1 Å². The molecule has 0 saturated heterocycles. The molecule has 9 heteroatoms. The van der Waals surface area contributed by atoms with Gasteiger partial charge in [0.05, 0.1) is 21.6 Å². The number of nitrogens with zero attached hydrogens (tertiary/aromatic N) is 1. The van der Waals surface area contributed by atoms with Crippen LogP contribution in [-0.2, 0) is 4.79 Å². The van der Waals surface area contributed by atoms with Crippen LogP contribution < -0.4 is 10.5 Å². The zero-order valence-corrected chi connectivity index (χ0v) is 11.9. The molecule has 0 aliphatic rings. The van der Waals surface area contributed by atoms with Gasteiger partial charge in [-0.25, -0.2) is 0 Å². The van der Waals surface area contributed by atoms with Gasteiger partial charge >= 0.3 is 5.97 Å². The Labute approximate surface area is 124 Å². The fraction of sp³-hybridized carbons (Fsp3) is 0.364. The largest absolute Gasteiger partial charge is 0.490 e. The number of hydrogen-bond acceptors (Lipinski definition) is 5. The van der Waals surface area contributed by atoms with Gasteiger partial charge in [0.25, 0.3) is 5.69 Å². The third-order valence-corrected chi connectivity index (χ3v) is 3.11. The average molecular weight is 323 g/mol. The van der Waals surface area contributed by atoms with Crippen molar-refractivity contribution in [2.45, 2.75) is 18.9 Å². The monoisotopic (exact) mass is 322 g/mol. The van der Waals surface area contributed by atoms with Gasteiger partial charge in [-0.2, -0.15) is 0 Å². The van der Waals surface area contributed by atoms with Crippen molar-refractivity contribution in [1.82, 2.24) is 0 Å². The van der Waals surface area contributed by atoms with E-state index in [1.807, 2.05) is 0 Å². The second kappa shape index (κ2) is 6.25. The van der Waals surface area contributed by atoms with E-state index in [-0.39, 0.29) is 34.5 Å². The number of carboxylic acid groups (broad SMARTS) is 1. The predicted octanol–water partition coefficient (Wildman–Crippen LogP) is 2.47. The van der Waals surface area contributed by atoms with E-state index >= 15 is 0 Å². The molecule has 1 rings (SSSR count). The first-order valence-electron chi connectivity index (χ1n) is 5.43. The van der Waals surface area contributed by atoms with Gasteiger partial charge < -0.3 is 15.6 Å². The molecular formula is C11H12Cl2N2O5. The van der Waals surface area contributed by atoms with E-state index in [0.29, 0.717) is 0 Å². The zero-order chi connectivity index (χ0) is 15.5. The molecule has 20 heavy (non-hydrogen) atoms. The number of aliphatic carboxylic acids is 1. The van der Waals surface area contributed by atoms with Crippen LogP contribution in [0.15, 0.2) is 12.1 Å². The minimum absolute atomic E-state index is 0.0198. The molecule has 0 saturated carbocycles. The summed E-state index contributed by atoms with van der Waals surface area (Å²) in [7, 11) is 0. The number of hydrogen-bond donors (Lipinski definition) is 2. The van der Waals surface area contributed by atoms with Crippen LogP contribution in [0, 0.1) is 10.1 Å². The summed E-state index contributed by atoms with van der Waals surface area (Å²) in [6.45, 7) is 1.30. The molecule has 0 fully saturated rings. The molecule has 0 aromatic heterocycles. The highest BCUT2D eigenvalue weighted by Crippen LogP contribution is 2.36. The topological polar surface area (TPSA) is 116 Å². The van der Waals surface area contributed by atoms with Crippen LogP contribution in [0.3, 0.4) is 0 Å². The Hall–Kier alpha value is -1.57. The highest BCUT2D eigenvalue weighted by atomic mass is 35.5. The van der Waals surface area contributed by atoms with Gasteiger partial charge in [-0.05, 0) is 6.92 Å². The molecule has 0 aliphatic carbocycles. The number of halogens is 2. The smallest absolute Gasteiger partial charge is 0.323 e. The van der Waals surface area contributed by atoms with Crippen LogP contribution in [0.25, 0.3) is 0 Å². The summed E-state index contributed by atoms with van der Waals surface area (Å²) in [4.78, 5) is 20.8. The third-order valence-electron chi connectivity index (χ3n) is 2.55. The second-order valence-corrected chi connectivity index (χ2v) is 5.13. The normalized spacial score (nSPS) is 13.6. The van der Waals surface area contributed by atoms with Crippen molar-refractivity contribution in [3.63, 3.8) is 0 Å². The number of nitro benzene ring substituents is 1. The molecule has 7 nitrogen and oxygen atoms in total. The molecule has 3 N–H and O–H groups in total. The minimum atomic E-state index is -1.44. The van der Waals surface area contributed by atoms with E-state index in [9.17, 15) is 14.9 Å². The standard InChI is InChI=1S/C11H12Cl2N2O5/c1-11(14,10(16)17)2-3-20-9-7(12)4-6(15(18)19)5-8(9)13/h4-5H,2-3,14H2,1H3,(H,16,17). The third kappa shape index (κ3) is 3.96. The van der Waals surface area contributed by atoms with Crippen molar-refractivity contribution >= 4 is 34.9 Å². The fourth-order valence-corrected chi connectivity index (χ4v) is 1.85. The lowest BCUT2D eigenvalue weighted by Gasteiger charge is -2.19. The fourth-order valence-electron chi connectivity index (χ4n) is 1.26. The number of carbonyl (C=O) groups is 1. The minimum Gasteiger partial charge on any atom is -0.490 e. The number of rotatable bonds is 6. The number of benzene rings is 1. The molecule has 0 bridgehead atoms. The Morgan fingerprint density at radius 2 is 2.00 bits per heavy atom. The van der Waals surface area contributed by atoms with Crippen LogP contribution in [0.2, 0.25) is 10.0 Å². The summed E-state index contributed by atoms with van der Waals surface area (Å²) in [6, 6.07) is 2.20. The summed E-state index contributed by atoms with van der Waals surface area (Å²) in [5.41, 5.74) is 3.82. The highest BCUT2D eigenvalue weighted by Gasteiger charge is 2.28. The van der Waals surface area contributed by atoms with Crippen molar-refractivity contribution in [3.05, 3.63) is 32.3 Å². The molecule has 0 radical (unpaired) electrons. The van der Waals surface area contributed by atoms with Gasteiger partial charge in [0.15, 0.2) is 5.75 Å². The van der Waals surface area contributed by atoms with Crippen molar-refractivity contribution in [1.29, 1.82) is 0 Å². The van der Waals surface area contributed by atoms with Gasteiger partial charge in [-0.3, -0.25) is 14.9 Å². The molecule has 1 unspecified atom stereocenters. The lowest BCUT2D eigenvalue weighted by molar-refractivity contribution is -0.384. The lowest BCUT2D eigenvalue weighted by Crippen LogP contribution is -2.45. The molecule has 0 amide bonds. The maximum absolute atomic E-state index is 10.8. The van der Waals surface area contributed by atoms with Crippen LogP contribution in [0.1, 0.15) is 13.3 Å². The summed E-state index contributed by atoms with van der Waals surface area (Å²) >= 11 is 11.7. The molecule has 110 valence electrons. The molecule has 0 spiro atoms. The van der Waals surface area contributed by atoms with Crippen LogP contribution in [0.4, 0.5) is 5.69 Å². The van der Waals surface area contributed by atoms with Gasteiger partial charge in [-0.1, -0.05) is 23.2 Å². The number of nitrogens with two attached hydrogens (primary N) is 1. The number of non-ortho nitro benzene ring substituents is 1. The van der Waals surface area contributed by atoms with Gasteiger partial charge in [0.1, 0.15) is 5.54 Å². The van der Waals surface area contributed by atoms with E-state index in [2.05, 4.69) is 0 Å². The first kappa shape index (κ1) is 16.5. The first-order valence-corrected chi connectivity index (χ1v) is 6.19. The molecule has 1 aromatic carbocycles. The zero-order valence-electron chi connectivity index (χ0n) is 10.4. The Bertz CT molecular complexity index is 525. The Kier molecular flexibility index (Phi) is 5.15. The maximum Gasteiger partial charge on any atom is 0.323 e. The number of carboxylic acids is 1.